The fourth-order valence-electron chi connectivity index (χ4n) is 2.46. The molecule has 0 aliphatic carbocycles. The Bertz CT molecular complexity index is 1160. The molecule has 7 nitrogen and oxygen atoms in total. The first-order chi connectivity index (χ1) is 14.4. The van der Waals surface area contributed by atoms with Crippen LogP contribution in [0.1, 0.15) is 15.9 Å². The topological polar surface area (TPSA) is 96.9 Å². The SMILES string of the molecule is COc1ccc(NS(=O)(=O)c2cccc(C(=O)NN=Cc3ccc(F)cc3)c2)cc1. The molecule has 9 heteroatoms. The highest BCUT2D eigenvalue weighted by molar-refractivity contribution is 7.92. The lowest BCUT2D eigenvalue weighted by Gasteiger charge is -2.09. The van der Waals surface area contributed by atoms with E-state index in [-0.39, 0.29) is 16.3 Å². The first kappa shape index (κ1) is 21.0. The molecule has 154 valence electrons. The Hall–Kier alpha value is -3.72. The number of halogens is 1. The Morgan fingerprint density at radius 3 is 2.40 bits per heavy atom. The van der Waals surface area contributed by atoms with Crippen LogP contribution in [0, 0.1) is 5.82 Å². The van der Waals surface area contributed by atoms with Crippen LogP contribution in [-0.2, 0) is 10.0 Å². The maximum atomic E-state index is 12.9. The van der Waals surface area contributed by atoms with E-state index in [1.165, 1.54) is 61.9 Å². The van der Waals surface area contributed by atoms with Crippen molar-refractivity contribution in [3.8, 4) is 5.75 Å². The summed E-state index contributed by atoms with van der Waals surface area (Å²) in [5.41, 5.74) is 3.38. The molecular formula is C21H18FN3O4S. The smallest absolute Gasteiger partial charge is 0.271 e. The van der Waals surface area contributed by atoms with Gasteiger partial charge >= 0.3 is 0 Å². The van der Waals surface area contributed by atoms with Crippen molar-refractivity contribution in [3.05, 3.63) is 89.7 Å². The predicted molar refractivity (Wildman–Crippen MR) is 112 cm³/mol. The minimum Gasteiger partial charge on any atom is -0.497 e. The maximum absolute atomic E-state index is 12.9. The van der Waals surface area contributed by atoms with Gasteiger partial charge in [-0.1, -0.05) is 18.2 Å². The van der Waals surface area contributed by atoms with Gasteiger partial charge in [0.2, 0.25) is 0 Å². The van der Waals surface area contributed by atoms with E-state index in [4.69, 9.17) is 4.74 Å². The fraction of sp³-hybridized carbons (Fsp3) is 0.0476. The molecule has 0 aliphatic rings. The number of methoxy groups -OCH3 is 1. The standard InChI is InChI=1S/C21H18FN3O4S/c1-29-19-11-9-18(10-12-19)25-30(27,28)20-4-2-3-16(13-20)21(26)24-23-14-15-5-7-17(22)8-6-15/h2-14,25H,1H3,(H,24,26). The summed E-state index contributed by atoms with van der Waals surface area (Å²) in [6, 6.07) is 17.5. The van der Waals surface area contributed by atoms with Crippen LogP contribution < -0.4 is 14.9 Å². The van der Waals surface area contributed by atoms with Crippen molar-refractivity contribution in [1.82, 2.24) is 5.43 Å². The minimum atomic E-state index is -3.90. The number of sulfonamides is 1. The van der Waals surface area contributed by atoms with E-state index in [2.05, 4.69) is 15.2 Å². The van der Waals surface area contributed by atoms with Crippen molar-refractivity contribution in [1.29, 1.82) is 0 Å². The van der Waals surface area contributed by atoms with Crippen LogP contribution in [-0.4, -0.2) is 27.6 Å². The molecule has 0 radical (unpaired) electrons. The largest absolute Gasteiger partial charge is 0.497 e. The number of hydrazone groups is 1. The highest BCUT2D eigenvalue weighted by Gasteiger charge is 2.16. The Balaban J connectivity index is 1.70. The Morgan fingerprint density at radius 1 is 1.03 bits per heavy atom. The van der Waals surface area contributed by atoms with E-state index in [0.717, 1.165) is 0 Å². The van der Waals surface area contributed by atoms with Gasteiger partial charge in [-0.2, -0.15) is 5.10 Å². The fourth-order valence-corrected chi connectivity index (χ4v) is 3.56. The predicted octanol–water partition coefficient (Wildman–Crippen LogP) is 3.40. The van der Waals surface area contributed by atoms with Gasteiger partial charge in [0, 0.05) is 11.3 Å². The van der Waals surface area contributed by atoms with Crippen molar-refractivity contribution >= 4 is 27.8 Å². The van der Waals surface area contributed by atoms with E-state index in [1.807, 2.05) is 0 Å². The van der Waals surface area contributed by atoms with Gasteiger partial charge in [-0.3, -0.25) is 9.52 Å². The van der Waals surface area contributed by atoms with Gasteiger partial charge in [0.25, 0.3) is 15.9 Å². The average Bonchev–Trinajstić information content (AvgIpc) is 2.75. The lowest BCUT2D eigenvalue weighted by molar-refractivity contribution is 0.0955. The van der Waals surface area contributed by atoms with Crippen LogP contribution in [0.2, 0.25) is 0 Å². The molecule has 0 saturated carbocycles. The molecule has 2 N–H and O–H groups in total. The molecule has 1 amide bonds. The number of hydrogen-bond acceptors (Lipinski definition) is 5. The summed E-state index contributed by atoms with van der Waals surface area (Å²) < 4.78 is 45.6. The molecule has 0 aromatic heterocycles. The van der Waals surface area contributed by atoms with Crippen molar-refractivity contribution in [2.24, 2.45) is 5.10 Å². The number of anilines is 1. The van der Waals surface area contributed by atoms with Crippen molar-refractivity contribution < 1.29 is 22.3 Å². The van der Waals surface area contributed by atoms with Gasteiger partial charge in [0.15, 0.2) is 0 Å². The minimum absolute atomic E-state index is 0.0755. The second-order valence-corrected chi connectivity index (χ2v) is 7.79. The first-order valence-electron chi connectivity index (χ1n) is 8.73. The van der Waals surface area contributed by atoms with Gasteiger partial charge < -0.3 is 4.74 Å². The molecule has 0 bridgehead atoms. The molecule has 3 rings (SSSR count). The Kier molecular flexibility index (Phi) is 6.43. The number of nitrogens with one attached hydrogen (secondary N) is 2. The van der Waals surface area contributed by atoms with Crippen LogP contribution in [0.4, 0.5) is 10.1 Å². The zero-order valence-electron chi connectivity index (χ0n) is 15.9. The quantitative estimate of drug-likeness (QED) is 0.446. The summed E-state index contributed by atoms with van der Waals surface area (Å²) in [7, 11) is -2.39. The van der Waals surface area contributed by atoms with Gasteiger partial charge in [0.1, 0.15) is 11.6 Å². The Labute approximate surface area is 173 Å². The third-order valence-electron chi connectivity index (χ3n) is 4.00. The average molecular weight is 427 g/mol. The van der Waals surface area contributed by atoms with E-state index in [9.17, 15) is 17.6 Å². The lowest BCUT2D eigenvalue weighted by atomic mass is 10.2. The number of ether oxygens (including phenoxy) is 1. The number of benzene rings is 3. The normalized spacial score (nSPS) is 11.3. The zero-order chi connectivity index (χ0) is 21.6. The summed E-state index contributed by atoms with van der Waals surface area (Å²) in [6.07, 6.45) is 1.35. The third kappa shape index (κ3) is 5.42. The van der Waals surface area contributed by atoms with Gasteiger partial charge in [-0.15, -0.1) is 0 Å². The van der Waals surface area contributed by atoms with Gasteiger partial charge in [-0.05, 0) is 60.2 Å². The molecule has 0 saturated heterocycles. The number of amides is 1. The molecule has 3 aromatic carbocycles. The van der Waals surface area contributed by atoms with E-state index in [1.54, 1.807) is 24.3 Å². The second kappa shape index (κ2) is 9.19. The molecule has 0 spiro atoms. The molecule has 0 fully saturated rings. The monoisotopic (exact) mass is 427 g/mol. The van der Waals surface area contributed by atoms with Crippen molar-refractivity contribution in [3.63, 3.8) is 0 Å². The summed E-state index contributed by atoms with van der Waals surface area (Å²) >= 11 is 0. The van der Waals surface area contributed by atoms with Crippen molar-refractivity contribution in [2.75, 3.05) is 11.8 Å². The van der Waals surface area contributed by atoms with Crippen LogP contribution >= 0.6 is 0 Å². The maximum Gasteiger partial charge on any atom is 0.271 e. The van der Waals surface area contributed by atoms with Crippen molar-refractivity contribution in [2.45, 2.75) is 4.90 Å². The molecule has 0 heterocycles. The van der Waals surface area contributed by atoms with E-state index in [0.29, 0.717) is 17.0 Å². The first-order valence-corrected chi connectivity index (χ1v) is 10.2. The van der Waals surface area contributed by atoms with Gasteiger partial charge in [-0.25, -0.2) is 18.2 Å². The number of nitrogens with zero attached hydrogens (tertiary/aromatic N) is 1. The summed E-state index contributed by atoms with van der Waals surface area (Å²) in [5, 5.41) is 3.80. The lowest BCUT2D eigenvalue weighted by Crippen LogP contribution is -2.19. The highest BCUT2D eigenvalue weighted by Crippen LogP contribution is 2.20. The van der Waals surface area contributed by atoms with Crippen LogP contribution in [0.3, 0.4) is 0 Å². The number of hydrogen-bond donors (Lipinski definition) is 2. The third-order valence-corrected chi connectivity index (χ3v) is 5.38. The van der Waals surface area contributed by atoms with Crippen LogP contribution in [0.5, 0.6) is 5.75 Å². The molecule has 0 unspecified atom stereocenters. The van der Waals surface area contributed by atoms with Gasteiger partial charge in [0.05, 0.1) is 18.2 Å². The highest BCUT2D eigenvalue weighted by atomic mass is 32.2. The van der Waals surface area contributed by atoms with Crippen LogP contribution in [0.15, 0.2) is 82.8 Å². The molecule has 3 aromatic rings. The Morgan fingerprint density at radius 2 is 1.73 bits per heavy atom. The van der Waals surface area contributed by atoms with E-state index < -0.39 is 15.9 Å². The van der Waals surface area contributed by atoms with Crippen LogP contribution in [0.25, 0.3) is 0 Å². The number of carbonyl (C=O) groups is 1. The summed E-state index contributed by atoms with van der Waals surface area (Å²) in [4.78, 5) is 12.2. The zero-order valence-corrected chi connectivity index (χ0v) is 16.7. The molecular weight excluding hydrogens is 409 g/mol. The molecule has 0 aliphatic heterocycles. The molecule has 30 heavy (non-hydrogen) atoms. The van der Waals surface area contributed by atoms with E-state index >= 15 is 0 Å². The summed E-state index contributed by atoms with van der Waals surface area (Å²) in [5.74, 6) is -0.370. The second-order valence-electron chi connectivity index (χ2n) is 6.11. The number of carbonyl (C=O) groups excluding carboxylic acids is 1. The summed E-state index contributed by atoms with van der Waals surface area (Å²) in [6.45, 7) is 0. The number of rotatable bonds is 7. The molecule has 0 atom stereocenters.